The minimum Gasteiger partial charge on any atom is -0.464 e. The average Bonchev–Trinajstić information content (AvgIpc) is 2.82. The molecule has 2 amide bonds. The highest BCUT2D eigenvalue weighted by Gasteiger charge is 2.64. The first-order valence-electron chi connectivity index (χ1n) is 7.94. The Bertz CT molecular complexity index is 916. The van der Waals surface area contributed by atoms with Gasteiger partial charge in [0.1, 0.15) is 5.70 Å². The first-order valence-corrected chi connectivity index (χ1v) is 7.94. The smallest absolute Gasteiger partial charge is 0.346 e. The topological polar surface area (TPSA) is 110 Å². The number of hydrogen-bond acceptors (Lipinski definition) is 6. The SMILES string of the molecule is CCOC(=O)C1(NC(C)=O)C(=O)N(C)C2=C1C(=O)c1ccccc1C2=O. The Labute approximate surface area is 148 Å². The van der Waals surface area contributed by atoms with E-state index in [9.17, 15) is 24.0 Å². The van der Waals surface area contributed by atoms with Gasteiger partial charge in [-0.2, -0.15) is 0 Å². The Morgan fingerprint density at radius 1 is 1.12 bits per heavy atom. The van der Waals surface area contributed by atoms with E-state index in [2.05, 4.69) is 5.32 Å². The lowest BCUT2D eigenvalue weighted by Gasteiger charge is -2.28. The van der Waals surface area contributed by atoms with Crippen LogP contribution in [0.4, 0.5) is 0 Å². The number of hydrogen-bond donors (Lipinski definition) is 1. The summed E-state index contributed by atoms with van der Waals surface area (Å²) in [5, 5.41) is 2.27. The van der Waals surface area contributed by atoms with Crippen LogP contribution in [-0.4, -0.2) is 53.4 Å². The van der Waals surface area contributed by atoms with E-state index in [0.29, 0.717) is 0 Å². The number of carbonyl (C=O) groups excluding carboxylic acids is 5. The molecule has 1 aromatic carbocycles. The van der Waals surface area contributed by atoms with Crippen LogP contribution in [0.2, 0.25) is 0 Å². The zero-order chi connectivity index (χ0) is 19.2. The van der Waals surface area contributed by atoms with E-state index in [1.54, 1.807) is 12.1 Å². The number of rotatable bonds is 3. The van der Waals surface area contributed by atoms with Gasteiger partial charge in [0.2, 0.25) is 17.2 Å². The Kier molecular flexibility index (Phi) is 3.98. The van der Waals surface area contributed by atoms with E-state index >= 15 is 0 Å². The molecule has 134 valence electrons. The van der Waals surface area contributed by atoms with Crippen molar-refractivity contribution in [3.8, 4) is 0 Å². The fourth-order valence-corrected chi connectivity index (χ4v) is 3.35. The zero-order valence-corrected chi connectivity index (χ0v) is 14.4. The Morgan fingerprint density at radius 2 is 1.69 bits per heavy atom. The molecule has 0 bridgehead atoms. The predicted octanol–water partition coefficient (Wildman–Crippen LogP) is 0.230. The molecule has 26 heavy (non-hydrogen) atoms. The molecule has 0 saturated carbocycles. The third-order valence-electron chi connectivity index (χ3n) is 4.38. The van der Waals surface area contributed by atoms with Gasteiger partial charge in [0.25, 0.3) is 5.91 Å². The number of amides is 2. The van der Waals surface area contributed by atoms with Gasteiger partial charge >= 0.3 is 5.97 Å². The van der Waals surface area contributed by atoms with Gasteiger partial charge in [0, 0.05) is 25.1 Å². The second-order valence-electron chi connectivity index (χ2n) is 5.94. The van der Waals surface area contributed by atoms with Crippen LogP contribution in [0.5, 0.6) is 0 Å². The van der Waals surface area contributed by atoms with Crippen molar-refractivity contribution in [2.24, 2.45) is 0 Å². The molecule has 1 heterocycles. The van der Waals surface area contributed by atoms with Crippen molar-refractivity contribution in [1.29, 1.82) is 0 Å². The maximum Gasteiger partial charge on any atom is 0.346 e. The summed E-state index contributed by atoms with van der Waals surface area (Å²) in [7, 11) is 1.28. The van der Waals surface area contributed by atoms with Crippen molar-refractivity contribution in [3.05, 3.63) is 46.7 Å². The van der Waals surface area contributed by atoms with Gasteiger partial charge in [-0.1, -0.05) is 24.3 Å². The molecule has 0 radical (unpaired) electrons. The first-order chi connectivity index (χ1) is 12.3. The summed E-state index contributed by atoms with van der Waals surface area (Å²) in [5.41, 5.74) is -2.76. The number of carbonyl (C=O) groups is 5. The third kappa shape index (κ3) is 2.11. The van der Waals surface area contributed by atoms with Crippen LogP contribution < -0.4 is 5.32 Å². The normalized spacial score (nSPS) is 21.5. The molecule has 2 aliphatic rings. The molecule has 8 heteroatoms. The van der Waals surface area contributed by atoms with Crippen molar-refractivity contribution in [3.63, 3.8) is 0 Å². The minimum absolute atomic E-state index is 0.0679. The summed E-state index contributed by atoms with van der Waals surface area (Å²) >= 11 is 0. The lowest BCUT2D eigenvalue weighted by molar-refractivity contribution is -0.156. The lowest BCUT2D eigenvalue weighted by Crippen LogP contribution is -2.62. The van der Waals surface area contributed by atoms with Crippen molar-refractivity contribution >= 4 is 29.4 Å². The van der Waals surface area contributed by atoms with Crippen LogP contribution in [0.3, 0.4) is 0 Å². The summed E-state index contributed by atoms with van der Waals surface area (Å²) in [4.78, 5) is 64.3. The van der Waals surface area contributed by atoms with Gasteiger partial charge in [0.15, 0.2) is 5.78 Å². The Balaban J connectivity index is 2.32. The fourth-order valence-electron chi connectivity index (χ4n) is 3.35. The number of nitrogens with zero attached hydrogens (tertiary/aromatic N) is 1. The van der Waals surface area contributed by atoms with Crippen molar-refractivity contribution in [2.45, 2.75) is 19.4 Å². The largest absolute Gasteiger partial charge is 0.464 e. The molecule has 0 spiro atoms. The highest BCUT2D eigenvalue weighted by molar-refractivity contribution is 6.36. The molecule has 0 saturated heterocycles. The number of Topliss-reactive ketones (excluding diaryl/α,β-unsaturated/α-hetero) is 2. The maximum atomic E-state index is 13.1. The maximum absolute atomic E-state index is 13.1. The molecule has 0 aromatic heterocycles. The van der Waals surface area contributed by atoms with E-state index in [1.165, 1.54) is 26.1 Å². The van der Waals surface area contributed by atoms with Crippen LogP contribution in [0, 0.1) is 0 Å². The van der Waals surface area contributed by atoms with E-state index < -0.39 is 34.9 Å². The monoisotopic (exact) mass is 356 g/mol. The molecule has 1 aliphatic carbocycles. The number of esters is 1. The van der Waals surface area contributed by atoms with Crippen molar-refractivity contribution < 1.29 is 28.7 Å². The number of likely N-dealkylation sites (N-methyl/N-ethyl adjacent to an activating group) is 1. The van der Waals surface area contributed by atoms with Crippen molar-refractivity contribution in [1.82, 2.24) is 10.2 Å². The first kappa shape index (κ1) is 17.5. The summed E-state index contributed by atoms with van der Waals surface area (Å²) in [6, 6.07) is 6.07. The molecule has 3 rings (SSSR count). The van der Waals surface area contributed by atoms with E-state index in [-0.39, 0.29) is 29.0 Å². The van der Waals surface area contributed by atoms with Crippen molar-refractivity contribution in [2.75, 3.05) is 13.7 Å². The molecular formula is C18H16N2O6. The zero-order valence-electron chi connectivity index (χ0n) is 14.4. The number of fused-ring (bicyclic) bond motifs is 1. The Morgan fingerprint density at radius 3 is 2.23 bits per heavy atom. The number of benzene rings is 1. The number of ether oxygens (including phenoxy) is 1. The van der Waals surface area contributed by atoms with Crippen LogP contribution in [0.1, 0.15) is 34.6 Å². The lowest BCUT2D eigenvalue weighted by atomic mass is 9.79. The van der Waals surface area contributed by atoms with Gasteiger partial charge in [-0.15, -0.1) is 0 Å². The van der Waals surface area contributed by atoms with Gasteiger partial charge in [0.05, 0.1) is 12.2 Å². The standard InChI is InChI=1S/C18H16N2O6/c1-4-26-17(25)18(19-9(2)21)12-13(20(3)16(18)24)15(23)11-8-6-5-7-10(11)14(12)22/h5-8H,4H2,1-3H3,(H,19,21). The van der Waals surface area contributed by atoms with Gasteiger partial charge in [-0.05, 0) is 6.92 Å². The molecule has 1 unspecified atom stereocenters. The summed E-state index contributed by atoms with van der Waals surface area (Å²) in [5.74, 6) is -3.96. The molecule has 1 atom stereocenters. The summed E-state index contributed by atoms with van der Waals surface area (Å²) < 4.78 is 4.97. The molecule has 1 aromatic rings. The molecule has 1 N–H and O–H groups in total. The van der Waals surface area contributed by atoms with Crippen LogP contribution in [0.15, 0.2) is 35.5 Å². The second kappa shape index (κ2) is 5.91. The molecule has 8 nitrogen and oxygen atoms in total. The minimum atomic E-state index is -2.37. The van der Waals surface area contributed by atoms with Gasteiger partial charge in [-0.3, -0.25) is 19.2 Å². The predicted molar refractivity (Wildman–Crippen MR) is 88.1 cm³/mol. The molecule has 1 aliphatic heterocycles. The number of ketones is 2. The summed E-state index contributed by atoms with van der Waals surface area (Å²) in [6.45, 7) is 2.56. The quantitative estimate of drug-likeness (QED) is 0.613. The van der Waals surface area contributed by atoms with E-state index in [4.69, 9.17) is 4.74 Å². The highest BCUT2D eigenvalue weighted by Crippen LogP contribution is 2.41. The average molecular weight is 356 g/mol. The van der Waals surface area contributed by atoms with Gasteiger partial charge < -0.3 is 15.0 Å². The second-order valence-corrected chi connectivity index (χ2v) is 5.94. The Hall–Kier alpha value is -3.29. The molecular weight excluding hydrogens is 340 g/mol. The van der Waals surface area contributed by atoms with Crippen LogP contribution >= 0.6 is 0 Å². The number of allylic oxidation sites excluding steroid dienone is 1. The molecule has 0 fully saturated rings. The van der Waals surface area contributed by atoms with Crippen LogP contribution in [-0.2, 0) is 19.1 Å². The number of nitrogens with one attached hydrogen (secondary N) is 1. The van der Waals surface area contributed by atoms with Gasteiger partial charge in [-0.25, -0.2) is 4.79 Å². The van der Waals surface area contributed by atoms with E-state index in [1.807, 2.05) is 0 Å². The van der Waals surface area contributed by atoms with E-state index in [0.717, 1.165) is 11.8 Å². The van der Waals surface area contributed by atoms with Crippen LogP contribution in [0.25, 0.3) is 0 Å². The summed E-state index contributed by atoms with van der Waals surface area (Å²) in [6.07, 6.45) is 0. The fraction of sp³-hybridized carbons (Fsp3) is 0.278. The highest BCUT2D eigenvalue weighted by atomic mass is 16.5. The third-order valence-corrected chi connectivity index (χ3v) is 4.38.